The van der Waals surface area contributed by atoms with Gasteiger partial charge >= 0.3 is 9.04 Å². The Morgan fingerprint density at radius 3 is 2.62 bits per heavy atom. The second-order valence-corrected chi connectivity index (χ2v) is 12.2. The molecule has 1 saturated heterocycles. The van der Waals surface area contributed by atoms with Crippen LogP contribution >= 0.6 is 0 Å². The van der Waals surface area contributed by atoms with Crippen LogP contribution < -0.4 is 14.9 Å². The normalized spacial score (nSPS) is 15.9. The third-order valence-electron chi connectivity index (χ3n) is 6.77. The maximum absolute atomic E-state index is 14.5. The monoisotopic (exact) mass is 564 g/mol. The Morgan fingerprint density at radius 1 is 1.25 bits per heavy atom. The molecule has 11 heteroatoms. The topological polar surface area (TPSA) is 101 Å². The van der Waals surface area contributed by atoms with Gasteiger partial charge in [-0.2, -0.15) is 4.98 Å². The first-order chi connectivity index (χ1) is 19.1. The van der Waals surface area contributed by atoms with E-state index in [0.29, 0.717) is 54.4 Å². The fourth-order valence-corrected chi connectivity index (χ4v) is 6.46. The van der Waals surface area contributed by atoms with E-state index < -0.39 is 9.04 Å². The Labute approximate surface area is 235 Å². The standard InChI is InChI=1S/C29H35FN5O4Si/c1-6-27(36)35-14-13-34(17-21(35)5)18-40(24-12-7-20(4)25(30)15-24)39-23-10-8-22(9-11-23)28(37)31-16-26-32-29(19(2)3)38-33-26/h6-12,15,19,21H,1,13-14,16-18H2,2-5H3,(H,31,37)/t21-/m1/s1. The number of carbonyl (C=O) groups is 2. The van der Waals surface area contributed by atoms with Crippen molar-refractivity contribution in [2.75, 3.05) is 25.8 Å². The van der Waals surface area contributed by atoms with Crippen molar-refractivity contribution >= 4 is 26.0 Å². The number of nitrogens with one attached hydrogen (secondary N) is 1. The summed E-state index contributed by atoms with van der Waals surface area (Å²) in [7, 11) is -1.73. The average molecular weight is 565 g/mol. The minimum absolute atomic E-state index is 0.0273. The highest BCUT2D eigenvalue weighted by Crippen LogP contribution is 2.17. The van der Waals surface area contributed by atoms with Crippen LogP contribution in [0.4, 0.5) is 4.39 Å². The van der Waals surface area contributed by atoms with Gasteiger partial charge in [0.1, 0.15) is 11.6 Å². The van der Waals surface area contributed by atoms with Crippen molar-refractivity contribution in [3.8, 4) is 5.75 Å². The van der Waals surface area contributed by atoms with E-state index in [-0.39, 0.29) is 36.1 Å². The number of amides is 2. The lowest BCUT2D eigenvalue weighted by atomic mass is 10.2. The summed E-state index contributed by atoms with van der Waals surface area (Å²) < 4.78 is 26.1. The Kier molecular flexibility index (Phi) is 9.49. The summed E-state index contributed by atoms with van der Waals surface area (Å²) in [6, 6.07) is 12.1. The Morgan fingerprint density at radius 2 is 2.00 bits per heavy atom. The summed E-state index contributed by atoms with van der Waals surface area (Å²) in [5, 5.41) is 7.50. The molecular weight excluding hydrogens is 529 g/mol. The van der Waals surface area contributed by atoms with Crippen molar-refractivity contribution in [1.29, 1.82) is 0 Å². The van der Waals surface area contributed by atoms with Crippen LogP contribution in [0, 0.1) is 12.7 Å². The number of aryl methyl sites for hydroxylation is 1. The molecule has 211 valence electrons. The van der Waals surface area contributed by atoms with Crippen LogP contribution in [0.15, 0.2) is 59.6 Å². The zero-order valence-corrected chi connectivity index (χ0v) is 24.3. The van der Waals surface area contributed by atoms with Gasteiger partial charge in [-0.3, -0.25) is 14.5 Å². The molecule has 0 aliphatic carbocycles. The summed E-state index contributed by atoms with van der Waals surface area (Å²) >= 11 is 0. The van der Waals surface area contributed by atoms with E-state index in [9.17, 15) is 14.0 Å². The number of piperazine rings is 1. The molecular formula is C29H35FN5O4Si. The van der Waals surface area contributed by atoms with Gasteiger partial charge in [-0.1, -0.05) is 37.7 Å². The fraction of sp³-hybridized carbons (Fsp3) is 0.379. The van der Waals surface area contributed by atoms with Gasteiger partial charge in [0, 0.05) is 43.3 Å². The van der Waals surface area contributed by atoms with E-state index in [1.54, 1.807) is 43.3 Å². The SMILES string of the molecule is C=CC(=O)N1CCN(C[Si](Oc2ccc(C(=O)NCc3noc(C(C)C)n3)cc2)c2ccc(C)c(F)c2)C[C@H]1C. The number of rotatable bonds is 10. The molecule has 3 aromatic rings. The number of benzene rings is 2. The number of hydrogen-bond acceptors (Lipinski definition) is 7. The highest BCUT2D eigenvalue weighted by atomic mass is 28.3. The molecule has 2 heterocycles. The maximum atomic E-state index is 14.5. The highest BCUT2D eigenvalue weighted by molar-refractivity contribution is 6.68. The van der Waals surface area contributed by atoms with Crippen molar-refractivity contribution in [1.82, 2.24) is 25.3 Å². The first-order valence-corrected chi connectivity index (χ1v) is 14.9. The van der Waals surface area contributed by atoms with Crippen molar-refractivity contribution in [2.24, 2.45) is 0 Å². The van der Waals surface area contributed by atoms with Crippen LogP contribution in [0.5, 0.6) is 5.75 Å². The molecule has 1 radical (unpaired) electrons. The van der Waals surface area contributed by atoms with Gasteiger partial charge in [0.05, 0.1) is 6.54 Å². The highest BCUT2D eigenvalue weighted by Gasteiger charge is 2.30. The molecule has 40 heavy (non-hydrogen) atoms. The van der Waals surface area contributed by atoms with Crippen LogP contribution in [0.3, 0.4) is 0 Å². The summed E-state index contributed by atoms with van der Waals surface area (Å²) in [5.74, 6) is 1.04. The number of hydrogen-bond donors (Lipinski definition) is 1. The lowest BCUT2D eigenvalue weighted by molar-refractivity contribution is -0.130. The molecule has 4 rings (SSSR count). The largest absolute Gasteiger partial charge is 0.536 e. The van der Waals surface area contributed by atoms with E-state index >= 15 is 0 Å². The minimum Gasteiger partial charge on any atom is -0.536 e. The van der Waals surface area contributed by atoms with Gasteiger partial charge in [-0.15, -0.1) is 0 Å². The summed E-state index contributed by atoms with van der Waals surface area (Å²) in [5.41, 5.74) is 1.04. The van der Waals surface area contributed by atoms with E-state index in [2.05, 4.69) is 26.9 Å². The number of carbonyl (C=O) groups excluding carboxylic acids is 2. The molecule has 0 saturated carbocycles. The lowest BCUT2D eigenvalue weighted by Gasteiger charge is -2.40. The van der Waals surface area contributed by atoms with Crippen molar-refractivity contribution in [3.05, 3.63) is 83.8 Å². The summed E-state index contributed by atoms with van der Waals surface area (Å²) in [4.78, 5) is 33.1. The van der Waals surface area contributed by atoms with Crippen LogP contribution in [0.2, 0.25) is 0 Å². The number of aromatic nitrogens is 2. The first kappa shape index (κ1) is 29.2. The molecule has 2 amide bonds. The smallest absolute Gasteiger partial charge is 0.331 e. The second kappa shape index (κ2) is 13.0. The van der Waals surface area contributed by atoms with Crippen LogP contribution in [-0.2, 0) is 11.3 Å². The molecule has 1 N–H and O–H groups in total. The van der Waals surface area contributed by atoms with Gasteiger partial charge in [-0.05, 0) is 61.0 Å². The molecule has 1 fully saturated rings. The van der Waals surface area contributed by atoms with Crippen molar-refractivity contribution < 1.29 is 22.9 Å². The summed E-state index contributed by atoms with van der Waals surface area (Å²) in [6.07, 6.45) is 1.95. The number of nitrogens with zero attached hydrogens (tertiary/aromatic N) is 4. The molecule has 2 aromatic carbocycles. The Bertz CT molecular complexity index is 1350. The van der Waals surface area contributed by atoms with Gasteiger partial charge < -0.3 is 19.2 Å². The second-order valence-electron chi connectivity index (χ2n) is 10.2. The van der Waals surface area contributed by atoms with Gasteiger partial charge in [-0.25, -0.2) is 4.39 Å². The molecule has 0 unspecified atom stereocenters. The Balaban J connectivity index is 1.43. The predicted octanol–water partition coefficient (Wildman–Crippen LogP) is 3.11. The lowest BCUT2D eigenvalue weighted by Crippen LogP contribution is -2.57. The van der Waals surface area contributed by atoms with E-state index in [1.165, 1.54) is 6.08 Å². The molecule has 1 aliphatic heterocycles. The molecule has 1 aromatic heterocycles. The molecule has 9 nitrogen and oxygen atoms in total. The predicted molar refractivity (Wildman–Crippen MR) is 151 cm³/mol. The average Bonchev–Trinajstić information content (AvgIpc) is 3.42. The first-order valence-electron chi connectivity index (χ1n) is 13.3. The third kappa shape index (κ3) is 7.22. The van der Waals surface area contributed by atoms with Crippen molar-refractivity contribution in [3.63, 3.8) is 0 Å². The quantitative estimate of drug-likeness (QED) is 0.298. The zero-order chi connectivity index (χ0) is 28.8. The van der Waals surface area contributed by atoms with Crippen molar-refractivity contribution in [2.45, 2.75) is 46.2 Å². The third-order valence-corrected chi connectivity index (χ3v) is 8.94. The molecule has 1 aliphatic rings. The number of halogens is 1. The summed E-state index contributed by atoms with van der Waals surface area (Å²) in [6.45, 7) is 13.4. The van der Waals surface area contributed by atoms with Crippen LogP contribution in [0.1, 0.15) is 54.3 Å². The van der Waals surface area contributed by atoms with E-state index in [1.807, 2.05) is 31.7 Å². The van der Waals surface area contributed by atoms with Crippen LogP contribution in [0.25, 0.3) is 0 Å². The van der Waals surface area contributed by atoms with Gasteiger partial charge in [0.15, 0.2) is 5.82 Å². The zero-order valence-electron chi connectivity index (χ0n) is 23.3. The van der Waals surface area contributed by atoms with Gasteiger partial charge in [0.25, 0.3) is 5.91 Å². The van der Waals surface area contributed by atoms with E-state index in [4.69, 9.17) is 8.95 Å². The maximum Gasteiger partial charge on any atom is 0.331 e. The molecule has 0 spiro atoms. The Hall–Kier alpha value is -3.83. The fourth-order valence-electron chi connectivity index (χ4n) is 4.43. The molecule has 0 bridgehead atoms. The minimum atomic E-state index is -1.73. The molecule has 1 atom stereocenters. The van der Waals surface area contributed by atoms with Crippen LogP contribution in [-0.4, -0.2) is 72.6 Å². The van der Waals surface area contributed by atoms with Gasteiger partial charge in [0.2, 0.25) is 11.8 Å². The van der Waals surface area contributed by atoms with E-state index in [0.717, 1.165) is 5.19 Å².